The highest BCUT2D eigenvalue weighted by Gasteiger charge is 2.28. The number of fused-ring (bicyclic) bond motifs is 2. The second kappa shape index (κ2) is 5.91. The van der Waals surface area contributed by atoms with Gasteiger partial charge in [0.2, 0.25) is 0 Å². The van der Waals surface area contributed by atoms with Gasteiger partial charge in [0.1, 0.15) is 5.82 Å². The molecule has 1 amide bonds. The summed E-state index contributed by atoms with van der Waals surface area (Å²) < 4.78 is 1.69. The first kappa shape index (κ1) is 15.7. The Hall–Kier alpha value is -2.83. The number of carbonyl (C=O) groups is 1. The molecule has 7 nitrogen and oxygen atoms in total. The summed E-state index contributed by atoms with van der Waals surface area (Å²) >= 11 is 0. The summed E-state index contributed by atoms with van der Waals surface area (Å²) in [6.07, 6.45) is 6.02. The lowest BCUT2D eigenvalue weighted by atomic mass is 10.1. The van der Waals surface area contributed by atoms with E-state index < -0.39 is 0 Å². The Morgan fingerprint density at radius 3 is 2.88 bits per heavy atom. The maximum absolute atomic E-state index is 13.0. The van der Waals surface area contributed by atoms with Crippen LogP contribution < -0.4 is 0 Å². The Labute approximate surface area is 145 Å². The third-order valence-corrected chi connectivity index (χ3v) is 4.47. The highest BCUT2D eigenvalue weighted by atomic mass is 16.2. The van der Waals surface area contributed by atoms with Crippen LogP contribution in [-0.2, 0) is 19.5 Å². The minimum absolute atomic E-state index is 0.0502. The van der Waals surface area contributed by atoms with Crippen molar-refractivity contribution in [1.82, 2.24) is 29.5 Å². The molecule has 1 aliphatic rings. The Morgan fingerprint density at radius 2 is 2.08 bits per heavy atom. The highest BCUT2D eigenvalue weighted by molar-refractivity contribution is 5.95. The van der Waals surface area contributed by atoms with E-state index in [1.54, 1.807) is 21.8 Å². The molecule has 0 atom stereocenters. The number of carbonyl (C=O) groups excluding carboxylic acids is 1. The van der Waals surface area contributed by atoms with Crippen molar-refractivity contribution in [2.24, 2.45) is 5.92 Å². The van der Waals surface area contributed by atoms with Gasteiger partial charge in [0.15, 0.2) is 5.65 Å². The molecule has 0 saturated heterocycles. The van der Waals surface area contributed by atoms with Crippen molar-refractivity contribution in [3.8, 4) is 0 Å². The summed E-state index contributed by atoms with van der Waals surface area (Å²) in [7, 11) is 0. The van der Waals surface area contributed by atoms with Crippen molar-refractivity contribution in [3.63, 3.8) is 0 Å². The van der Waals surface area contributed by atoms with E-state index in [1.165, 1.54) is 0 Å². The molecule has 4 rings (SSSR count). The van der Waals surface area contributed by atoms with E-state index in [1.807, 2.05) is 19.2 Å². The van der Waals surface area contributed by atoms with E-state index in [-0.39, 0.29) is 5.91 Å². The van der Waals surface area contributed by atoms with Gasteiger partial charge < -0.3 is 4.90 Å². The molecule has 0 aliphatic carbocycles. The lowest BCUT2D eigenvalue weighted by molar-refractivity contribution is 0.0748. The highest BCUT2D eigenvalue weighted by Crippen LogP contribution is 2.23. The largest absolute Gasteiger partial charge is 0.328 e. The number of nitrogens with zero attached hydrogens (tertiary/aromatic N) is 6. The molecule has 3 aromatic heterocycles. The first-order valence-corrected chi connectivity index (χ1v) is 8.45. The minimum atomic E-state index is -0.0502. The minimum Gasteiger partial charge on any atom is -0.328 e. The summed E-state index contributed by atoms with van der Waals surface area (Å²) in [5.74, 6) is 1.30. The molecule has 0 bridgehead atoms. The summed E-state index contributed by atoms with van der Waals surface area (Å²) in [4.78, 5) is 28.1. The summed E-state index contributed by atoms with van der Waals surface area (Å²) in [6.45, 7) is 7.23. The van der Waals surface area contributed by atoms with Gasteiger partial charge in [-0.3, -0.25) is 4.79 Å². The Bertz CT molecular complexity index is 961. The average molecular weight is 336 g/mol. The third kappa shape index (κ3) is 2.75. The van der Waals surface area contributed by atoms with E-state index >= 15 is 0 Å². The van der Waals surface area contributed by atoms with Crippen LogP contribution in [0.25, 0.3) is 5.65 Å². The quantitative estimate of drug-likeness (QED) is 0.733. The van der Waals surface area contributed by atoms with Gasteiger partial charge in [-0.15, -0.1) is 0 Å². The van der Waals surface area contributed by atoms with Gasteiger partial charge in [0.25, 0.3) is 5.91 Å². The van der Waals surface area contributed by atoms with Crippen LogP contribution in [-0.4, -0.2) is 35.4 Å². The number of hydrogen-bond donors (Lipinski definition) is 0. The van der Waals surface area contributed by atoms with Gasteiger partial charge in [0.05, 0.1) is 29.7 Å². The summed E-state index contributed by atoms with van der Waals surface area (Å²) in [5.41, 5.74) is 4.07. The summed E-state index contributed by atoms with van der Waals surface area (Å²) in [6, 6.07) is 1.82. The van der Waals surface area contributed by atoms with Gasteiger partial charge in [-0.1, -0.05) is 13.8 Å². The molecular formula is C18H20N6O. The molecule has 0 saturated carbocycles. The molecular weight excluding hydrogens is 316 g/mol. The van der Waals surface area contributed by atoms with Crippen LogP contribution in [0.1, 0.15) is 47.0 Å². The third-order valence-electron chi connectivity index (χ3n) is 4.47. The van der Waals surface area contributed by atoms with E-state index in [9.17, 15) is 4.79 Å². The first-order valence-electron chi connectivity index (χ1n) is 8.45. The fourth-order valence-corrected chi connectivity index (χ4v) is 3.17. The molecule has 4 heterocycles. The van der Waals surface area contributed by atoms with Crippen LogP contribution in [0.4, 0.5) is 0 Å². The Morgan fingerprint density at radius 1 is 1.24 bits per heavy atom. The van der Waals surface area contributed by atoms with Crippen molar-refractivity contribution in [2.75, 3.05) is 0 Å². The van der Waals surface area contributed by atoms with Gasteiger partial charge in [-0.25, -0.2) is 19.5 Å². The van der Waals surface area contributed by atoms with E-state index in [2.05, 4.69) is 33.9 Å². The van der Waals surface area contributed by atoms with Crippen LogP contribution in [0.15, 0.2) is 24.7 Å². The monoisotopic (exact) mass is 336 g/mol. The molecule has 0 unspecified atom stereocenters. The molecule has 128 valence electrons. The predicted molar refractivity (Wildman–Crippen MR) is 91.9 cm³/mol. The lowest BCUT2D eigenvalue weighted by Gasteiger charge is -2.16. The standard InChI is InChI=1S/C18H20N6O/c1-11(2)6-16-19-7-13-9-23(10-15(13)22-16)18(25)14-8-20-17-4-5-21-24(17)12(14)3/h4-5,7-8,11H,6,9-10H2,1-3H3. The van der Waals surface area contributed by atoms with Crippen molar-refractivity contribution >= 4 is 11.6 Å². The van der Waals surface area contributed by atoms with Crippen LogP contribution in [0, 0.1) is 12.8 Å². The molecule has 3 aromatic rings. The van der Waals surface area contributed by atoms with Gasteiger partial charge in [0, 0.05) is 37.0 Å². The van der Waals surface area contributed by atoms with Crippen molar-refractivity contribution in [1.29, 1.82) is 0 Å². The van der Waals surface area contributed by atoms with Crippen molar-refractivity contribution < 1.29 is 4.79 Å². The number of amides is 1. The van der Waals surface area contributed by atoms with Crippen LogP contribution in [0.5, 0.6) is 0 Å². The van der Waals surface area contributed by atoms with Crippen LogP contribution >= 0.6 is 0 Å². The van der Waals surface area contributed by atoms with Gasteiger partial charge >= 0.3 is 0 Å². The number of rotatable bonds is 3. The van der Waals surface area contributed by atoms with Gasteiger partial charge in [-0.2, -0.15) is 5.10 Å². The zero-order chi connectivity index (χ0) is 17.6. The number of hydrogen-bond acceptors (Lipinski definition) is 5. The fraction of sp³-hybridized carbons (Fsp3) is 0.389. The Balaban J connectivity index is 1.60. The molecule has 0 radical (unpaired) electrons. The average Bonchev–Trinajstić information content (AvgIpc) is 3.20. The molecule has 1 aliphatic heterocycles. The number of aromatic nitrogens is 5. The van der Waals surface area contributed by atoms with Gasteiger partial charge in [-0.05, 0) is 12.8 Å². The lowest BCUT2D eigenvalue weighted by Crippen LogP contribution is -2.27. The second-order valence-corrected chi connectivity index (χ2v) is 6.88. The first-order chi connectivity index (χ1) is 12.0. The van der Waals surface area contributed by atoms with E-state index in [0.29, 0.717) is 24.6 Å². The summed E-state index contributed by atoms with van der Waals surface area (Å²) in [5, 5.41) is 4.23. The molecule has 7 heteroatoms. The number of aryl methyl sites for hydroxylation is 1. The zero-order valence-electron chi connectivity index (χ0n) is 14.6. The van der Waals surface area contributed by atoms with E-state index in [4.69, 9.17) is 0 Å². The fourth-order valence-electron chi connectivity index (χ4n) is 3.17. The van der Waals surface area contributed by atoms with Crippen LogP contribution in [0.2, 0.25) is 0 Å². The maximum Gasteiger partial charge on any atom is 0.257 e. The van der Waals surface area contributed by atoms with Crippen molar-refractivity contribution in [2.45, 2.75) is 40.3 Å². The molecule has 0 aromatic carbocycles. The normalized spacial score (nSPS) is 13.7. The smallest absolute Gasteiger partial charge is 0.257 e. The zero-order valence-corrected chi connectivity index (χ0v) is 14.6. The SMILES string of the molecule is Cc1c(C(=O)N2Cc3cnc(CC(C)C)nc3C2)cnc2ccnn12. The second-order valence-electron chi connectivity index (χ2n) is 6.88. The van der Waals surface area contributed by atoms with E-state index in [0.717, 1.165) is 34.8 Å². The van der Waals surface area contributed by atoms with Crippen molar-refractivity contribution in [3.05, 3.63) is 53.0 Å². The Kier molecular flexibility index (Phi) is 3.71. The molecule has 0 N–H and O–H groups in total. The topological polar surface area (TPSA) is 76.3 Å². The predicted octanol–water partition coefficient (Wildman–Crippen LogP) is 2.18. The molecule has 0 spiro atoms. The van der Waals surface area contributed by atoms with Crippen LogP contribution in [0.3, 0.4) is 0 Å². The molecule has 0 fully saturated rings. The maximum atomic E-state index is 13.0. The molecule has 25 heavy (non-hydrogen) atoms.